The summed E-state index contributed by atoms with van der Waals surface area (Å²) in [5.74, 6) is 0.300. The van der Waals surface area contributed by atoms with E-state index in [1.807, 2.05) is 0 Å². The van der Waals surface area contributed by atoms with Crippen LogP contribution in [-0.2, 0) is 26.2 Å². The van der Waals surface area contributed by atoms with Gasteiger partial charge in [-0.15, -0.1) is 0 Å². The van der Waals surface area contributed by atoms with Crippen LogP contribution < -0.4 is 4.74 Å². The Kier molecular flexibility index (Phi) is 6.38. The first-order chi connectivity index (χ1) is 11.8. The fourth-order valence-electron chi connectivity index (χ4n) is 2.64. The SMILES string of the molecule is COc1ccccc1CN(CC(=O)N1CCN(C=O)CC1)S(C)(=O)=O. The van der Waals surface area contributed by atoms with E-state index in [2.05, 4.69) is 0 Å². The zero-order chi connectivity index (χ0) is 18.4. The maximum absolute atomic E-state index is 12.5. The van der Waals surface area contributed by atoms with Crippen molar-refractivity contribution in [3.8, 4) is 5.75 Å². The molecule has 0 radical (unpaired) electrons. The Morgan fingerprint density at radius 1 is 1.24 bits per heavy atom. The van der Waals surface area contributed by atoms with Gasteiger partial charge >= 0.3 is 0 Å². The van der Waals surface area contributed by atoms with Crippen LogP contribution in [0.5, 0.6) is 5.75 Å². The third-order valence-corrected chi connectivity index (χ3v) is 5.33. The summed E-state index contributed by atoms with van der Waals surface area (Å²) < 4.78 is 30.6. The number of para-hydroxylation sites is 1. The van der Waals surface area contributed by atoms with E-state index >= 15 is 0 Å². The van der Waals surface area contributed by atoms with Gasteiger partial charge in [0, 0.05) is 38.3 Å². The molecule has 1 aliphatic heterocycles. The second kappa shape index (κ2) is 8.30. The van der Waals surface area contributed by atoms with Gasteiger partial charge in [-0.2, -0.15) is 4.31 Å². The maximum atomic E-state index is 12.5. The smallest absolute Gasteiger partial charge is 0.238 e. The van der Waals surface area contributed by atoms with Crippen molar-refractivity contribution in [2.45, 2.75) is 6.54 Å². The normalized spacial score (nSPS) is 15.3. The minimum absolute atomic E-state index is 0.0584. The number of piperazine rings is 1. The van der Waals surface area contributed by atoms with E-state index in [-0.39, 0.29) is 19.0 Å². The lowest BCUT2D eigenvalue weighted by Crippen LogP contribution is -2.51. The Morgan fingerprint density at radius 2 is 1.88 bits per heavy atom. The van der Waals surface area contributed by atoms with Crippen LogP contribution in [0.4, 0.5) is 0 Å². The highest BCUT2D eigenvalue weighted by Gasteiger charge is 2.26. The summed E-state index contributed by atoms with van der Waals surface area (Å²) in [5, 5.41) is 0. The first-order valence-electron chi connectivity index (χ1n) is 7.89. The van der Waals surface area contributed by atoms with Crippen molar-refractivity contribution in [1.82, 2.24) is 14.1 Å². The zero-order valence-electron chi connectivity index (χ0n) is 14.4. The van der Waals surface area contributed by atoms with Crippen LogP contribution in [0.2, 0.25) is 0 Å². The van der Waals surface area contributed by atoms with Crippen molar-refractivity contribution >= 4 is 22.3 Å². The molecule has 8 nitrogen and oxygen atoms in total. The first-order valence-corrected chi connectivity index (χ1v) is 9.74. The van der Waals surface area contributed by atoms with Gasteiger partial charge in [-0.3, -0.25) is 9.59 Å². The highest BCUT2D eigenvalue weighted by Crippen LogP contribution is 2.20. The number of ether oxygens (including phenoxy) is 1. The first kappa shape index (κ1) is 19.2. The molecule has 0 saturated carbocycles. The molecule has 25 heavy (non-hydrogen) atoms. The predicted molar refractivity (Wildman–Crippen MR) is 92.5 cm³/mol. The molecule has 1 heterocycles. The van der Waals surface area contributed by atoms with Crippen LogP contribution in [0, 0.1) is 0 Å². The lowest BCUT2D eigenvalue weighted by atomic mass is 10.2. The molecule has 2 rings (SSSR count). The molecule has 9 heteroatoms. The van der Waals surface area contributed by atoms with Gasteiger partial charge in [-0.1, -0.05) is 18.2 Å². The van der Waals surface area contributed by atoms with E-state index in [1.54, 1.807) is 34.1 Å². The second-order valence-corrected chi connectivity index (χ2v) is 7.85. The number of amides is 2. The van der Waals surface area contributed by atoms with Crippen LogP contribution in [-0.4, -0.2) is 80.9 Å². The van der Waals surface area contributed by atoms with E-state index in [1.165, 1.54) is 7.11 Å². The van der Waals surface area contributed by atoms with E-state index in [9.17, 15) is 18.0 Å². The number of nitrogens with zero attached hydrogens (tertiary/aromatic N) is 3. The topological polar surface area (TPSA) is 87.2 Å². The largest absolute Gasteiger partial charge is 0.496 e. The highest BCUT2D eigenvalue weighted by molar-refractivity contribution is 7.88. The molecule has 0 aromatic heterocycles. The number of sulfonamides is 1. The number of carbonyl (C=O) groups is 2. The van der Waals surface area contributed by atoms with Crippen molar-refractivity contribution < 1.29 is 22.7 Å². The molecule has 138 valence electrons. The molecule has 1 saturated heterocycles. The summed E-state index contributed by atoms with van der Waals surface area (Å²) in [6.07, 6.45) is 1.84. The molecule has 1 aromatic carbocycles. The van der Waals surface area contributed by atoms with Crippen molar-refractivity contribution in [2.75, 3.05) is 46.1 Å². The molecule has 0 atom stereocenters. The average molecular weight is 369 g/mol. The lowest BCUT2D eigenvalue weighted by Gasteiger charge is -2.33. The van der Waals surface area contributed by atoms with E-state index in [0.29, 0.717) is 37.5 Å². The average Bonchev–Trinajstić information content (AvgIpc) is 2.60. The maximum Gasteiger partial charge on any atom is 0.238 e. The molecule has 0 aliphatic carbocycles. The number of hydrogen-bond acceptors (Lipinski definition) is 5. The summed E-state index contributed by atoms with van der Waals surface area (Å²) in [6, 6.07) is 7.10. The number of methoxy groups -OCH3 is 1. The van der Waals surface area contributed by atoms with E-state index in [0.717, 1.165) is 17.0 Å². The summed E-state index contributed by atoms with van der Waals surface area (Å²) >= 11 is 0. The van der Waals surface area contributed by atoms with Crippen LogP contribution in [0.3, 0.4) is 0 Å². The van der Waals surface area contributed by atoms with Crippen molar-refractivity contribution in [1.29, 1.82) is 0 Å². The van der Waals surface area contributed by atoms with Gasteiger partial charge in [-0.25, -0.2) is 8.42 Å². The predicted octanol–water partition coefficient (Wildman–Crippen LogP) is -0.243. The van der Waals surface area contributed by atoms with E-state index in [4.69, 9.17) is 4.74 Å². The zero-order valence-corrected chi connectivity index (χ0v) is 15.2. The molecule has 1 aliphatic rings. The Labute approximate surface area is 148 Å². The fraction of sp³-hybridized carbons (Fsp3) is 0.500. The summed E-state index contributed by atoms with van der Waals surface area (Å²) in [5.41, 5.74) is 0.689. The standard InChI is InChI=1S/C16H23N3O5S/c1-24-15-6-4-3-5-14(15)11-19(25(2,22)23)12-16(21)18-9-7-17(13-20)8-10-18/h3-6,13H,7-12H2,1-2H3. The van der Waals surface area contributed by atoms with Gasteiger partial charge in [-0.05, 0) is 6.07 Å². The number of benzene rings is 1. The van der Waals surface area contributed by atoms with E-state index < -0.39 is 10.0 Å². The minimum atomic E-state index is -3.57. The van der Waals surface area contributed by atoms with Crippen LogP contribution in [0.1, 0.15) is 5.56 Å². The number of hydrogen-bond donors (Lipinski definition) is 0. The quantitative estimate of drug-likeness (QED) is 0.619. The summed E-state index contributed by atoms with van der Waals surface area (Å²) in [6.45, 7) is 1.55. The van der Waals surface area contributed by atoms with Crippen LogP contribution in [0.15, 0.2) is 24.3 Å². The molecule has 1 fully saturated rings. The summed E-state index contributed by atoms with van der Waals surface area (Å²) in [7, 11) is -2.06. The molecule has 0 bridgehead atoms. The number of carbonyl (C=O) groups excluding carboxylic acids is 2. The van der Waals surface area contributed by atoms with Gasteiger partial charge in [0.1, 0.15) is 5.75 Å². The number of rotatable bonds is 7. The molecular formula is C16H23N3O5S. The highest BCUT2D eigenvalue weighted by atomic mass is 32.2. The van der Waals surface area contributed by atoms with Crippen molar-refractivity contribution in [2.24, 2.45) is 0 Å². The monoisotopic (exact) mass is 369 g/mol. The molecular weight excluding hydrogens is 346 g/mol. The van der Waals surface area contributed by atoms with Crippen molar-refractivity contribution in [3.63, 3.8) is 0 Å². The Bertz CT molecular complexity index is 714. The van der Waals surface area contributed by atoms with Gasteiger partial charge < -0.3 is 14.5 Å². The third kappa shape index (κ3) is 5.17. The molecule has 0 N–H and O–H groups in total. The fourth-order valence-corrected chi connectivity index (χ4v) is 3.36. The van der Waals surface area contributed by atoms with Gasteiger partial charge in [0.2, 0.25) is 22.3 Å². The van der Waals surface area contributed by atoms with Crippen LogP contribution >= 0.6 is 0 Å². The Balaban J connectivity index is 2.08. The minimum Gasteiger partial charge on any atom is -0.496 e. The second-order valence-electron chi connectivity index (χ2n) is 5.87. The lowest BCUT2D eigenvalue weighted by molar-refractivity contribution is -0.135. The van der Waals surface area contributed by atoms with Gasteiger partial charge in [0.25, 0.3) is 0 Å². The summed E-state index contributed by atoms with van der Waals surface area (Å²) in [4.78, 5) is 26.4. The molecule has 0 unspecified atom stereocenters. The molecule has 1 aromatic rings. The van der Waals surface area contributed by atoms with Gasteiger partial charge in [0.15, 0.2) is 0 Å². The third-order valence-electron chi connectivity index (χ3n) is 4.14. The Hall–Kier alpha value is -2.13. The Morgan fingerprint density at radius 3 is 2.44 bits per heavy atom. The van der Waals surface area contributed by atoms with Crippen molar-refractivity contribution in [3.05, 3.63) is 29.8 Å². The van der Waals surface area contributed by atoms with Gasteiger partial charge in [0.05, 0.1) is 19.9 Å². The van der Waals surface area contributed by atoms with Crippen LogP contribution in [0.25, 0.3) is 0 Å². The molecule has 2 amide bonds. The molecule has 0 spiro atoms.